The zero-order valence-corrected chi connectivity index (χ0v) is 14.9. The number of carbonyl (C=O) groups is 1. The summed E-state index contributed by atoms with van der Waals surface area (Å²) in [4.78, 5) is 23.2. The van der Waals surface area contributed by atoms with Crippen molar-refractivity contribution in [3.05, 3.63) is 59.9 Å². The van der Waals surface area contributed by atoms with Crippen LogP contribution in [0.2, 0.25) is 0 Å². The normalized spacial score (nSPS) is 17.4. The molecule has 2 heterocycles. The molecule has 1 N–H and O–H groups in total. The van der Waals surface area contributed by atoms with Gasteiger partial charge in [-0.15, -0.1) is 0 Å². The summed E-state index contributed by atoms with van der Waals surface area (Å²) >= 11 is 0. The lowest BCUT2D eigenvalue weighted by molar-refractivity contribution is -0.134. The fourth-order valence-electron chi connectivity index (χ4n) is 3.76. The number of nitrogens with one attached hydrogen (secondary N) is 1. The highest BCUT2D eigenvalue weighted by Crippen LogP contribution is 2.31. The summed E-state index contributed by atoms with van der Waals surface area (Å²) in [6, 6.07) is 15.7. The highest BCUT2D eigenvalue weighted by Gasteiger charge is 2.30. The van der Waals surface area contributed by atoms with Crippen molar-refractivity contribution >= 4 is 16.9 Å². The third-order valence-electron chi connectivity index (χ3n) is 5.08. The van der Waals surface area contributed by atoms with Gasteiger partial charge in [0.05, 0.1) is 30.6 Å². The zero-order valence-electron chi connectivity index (χ0n) is 14.9. The molecule has 0 aliphatic carbocycles. The largest absolute Gasteiger partial charge is 0.496 e. The molecule has 1 aromatic heterocycles. The summed E-state index contributed by atoms with van der Waals surface area (Å²) in [6.45, 7) is 0.774. The number of aromatic amines is 1. The number of methoxy groups -OCH3 is 1. The first kappa shape index (κ1) is 16.6. The van der Waals surface area contributed by atoms with Gasteiger partial charge in [-0.2, -0.15) is 0 Å². The molecule has 1 fully saturated rings. The monoisotopic (exact) mass is 349 g/mol. The minimum atomic E-state index is 0.0124. The van der Waals surface area contributed by atoms with Crippen molar-refractivity contribution in [1.29, 1.82) is 0 Å². The molecule has 0 saturated carbocycles. The number of imidazole rings is 1. The molecule has 0 radical (unpaired) electrons. The highest BCUT2D eigenvalue weighted by molar-refractivity contribution is 5.80. The van der Waals surface area contributed by atoms with Crippen molar-refractivity contribution in [3.8, 4) is 5.75 Å². The Morgan fingerprint density at radius 1 is 1.19 bits per heavy atom. The van der Waals surface area contributed by atoms with Crippen LogP contribution in [0.15, 0.2) is 48.5 Å². The fraction of sp³-hybridized carbons (Fsp3) is 0.333. The first-order chi connectivity index (χ1) is 12.8. The summed E-state index contributed by atoms with van der Waals surface area (Å²) in [6.07, 6.45) is 3.44. The molecule has 2 aromatic carbocycles. The molecule has 1 saturated heterocycles. The molecular formula is C21H23N3O2. The van der Waals surface area contributed by atoms with E-state index in [1.807, 2.05) is 53.4 Å². The van der Waals surface area contributed by atoms with E-state index in [1.54, 1.807) is 7.11 Å². The van der Waals surface area contributed by atoms with Crippen LogP contribution in [0.3, 0.4) is 0 Å². The predicted octanol–water partition coefficient (Wildman–Crippen LogP) is 3.87. The molecule has 0 unspecified atom stereocenters. The number of carbonyl (C=O) groups excluding carboxylic acids is 1. The van der Waals surface area contributed by atoms with Crippen LogP contribution in [0.25, 0.3) is 11.0 Å². The number of para-hydroxylation sites is 3. The first-order valence-corrected chi connectivity index (χ1v) is 9.12. The number of aromatic nitrogens is 2. The SMILES string of the molecule is COc1ccccc1CC(=O)N1CCCC[C@H]1c1nc2ccccc2[nH]1. The summed E-state index contributed by atoms with van der Waals surface area (Å²) in [5.74, 6) is 1.78. The molecule has 5 nitrogen and oxygen atoms in total. The molecule has 3 aromatic rings. The summed E-state index contributed by atoms with van der Waals surface area (Å²) in [5.41, 5.74) is 2.89. The number of benzene rings is 2. The molecule has 1 aliphatic rings. The van der Waals surface area contributed by atoms with Gasteiger partial charge in [0, 0.05) is 12.1 Å². The number of rotatable bonds is 4. The average molecular weight is 349 g/mol. The molecule has 4 rings (SSSR count). The van der Waals surface area contributed by atoms with Gasteiger partial charge in [0.1, 0.15) is 11.6 Å². The number of ether oxygens (including phenoxy) is 1. The number of piperidine rings is 1. The van der Waals surface area contributed by atoms with Crippen LogP contribution in [-0.4, -0.2) is 34.4 Å². The number of amides is 1. The van der Waals surface area contributed by atoms with Crippen molar-refractivity contribution in [2.75, 3.05) is 13.7 Å². The van der Waals surface area contributed by atoms with Gasteiger partial charge in [0.2, 0.25) is 5.91 Å². The quantitative estimate of drug-likeness (QED) is 0.778. The van der Waals surface area contributed by atoms with E-state index in [1.165, 1.54) is 0 Å². The van der Waals surface area contributed by atoms with E-state index in [4.69, 9.17) is 9.72 Å². The van der Waals surface area contributed by atoms with Gasteiger partial charge < -0.3 is 14.6 Å². The van der Waals surface area contributed by atoms with Crippen molar-refractivity contribution < 1.29 is 9.53 Å². The maximum atomic E-state index is 13.1. The van der Waals surface area contributed by atoms with Crippen LogP contribution in [0.1, 0.15) is 36.7 Å². The Balaban J connectivity index is 1.59. The number of hydrogen-bond acceptors (Lipinski definition) is 3. The highest BCUT2D eigenvalue weighted by atomic mass is 16.5. The number of nitrogens with zero attached hydrogens (tertiary/aromatic N) is 2. The van der Waals surface area contributed by atoms with Gasteiger partial charge in [-0.25, -0.2) is 4.98 Å². The molecule has 26 heavy (non-hydrogen) atoms. The first-order valence-electron chi connectivity index (χ1n) is 9.12. The number of hydrogen-bond donors (Lipinski definition) is 1. The van der Waals surface area contributed by atoms with Crippen LogP contribution in [-0.2, 0) is 11.2 Å². The molecule has 1 atom stereocenters. The summed E-state index contributed by atoms with van der Waals surface area (Å²) < 4.78 is 5.40. The topological polar surface area (TPSA) is 58.2 Å². The second kappa shape index (κ2) is 7.20. The summed E-state index contributed by atoms with van der Waals surface area (Å²) in [7, 11) is 1.64. The van der Waals surface area contributed by atoms with Gasteiger partial charge in [-0.1, -0.05) is 30.3 Å². The van der Waals surface area contributed by atoms with E-state index < -0.39 is 0 Å². The van der Waals surface area contributed by atoms with E-state index in [0.717, 1.165) is 54.0 Å². The third kappa shape index (κ3) is 3.17. The van der Waals surface area contributed by atoms with E-state index in [0.29, 0.717) is 6.42 Å². The molecule has 0 bridgehead atoms. The minimum absolute atomic E-state index is 0.0124. The Bertz CT molecular complexity index is 885. The molecule has 5 heteroatoms. The van der Waals surface area contributed by atoms with E-state index >= 15 is 0 Å². The van der Waals surface area contributed by atoms with Gasteiger partial charge >= 0.3 is 0 Å². The molecule has 0 spiro atoms. The van der Waals surface area contributed by atoms with Gasteiger partial charge in [-0.05, 0) is 37.5 Å². The van der Waals surface area contributed by atoms with Crippen LogP contribution in [0.5, 0.6) is 5.75 Å². The number of likely N-dealkylation sites (tertiary alicyclic amines) is 1. The Morgan fingerprint density at radius 3 is 2.85 bits per heavy atom. The van der Waals surface area contributed by atoms with E-state index in [-0.39, 0.29) is 11.9 Å². The van der Waals surface area contributed by atoms with Crippen molar-refractivity contribution in [3.63, 3.8) is 0 Å². The third-order valence-corrected chi connectivity index (χ3v) is 5.08. The minimum Gasteiger partial charge on any atom is -0.496 e. The lowest BCUT2D eigenvalue weighted by Gasteiger charge is -2.34. The Labute approximate surface area is 153 Å². The Hall–Kier alpha value is -2.82. The van der Waals surface area contributed by atoms with Crippen molar-refractivity contribution in [1.82, 2.24) is 14.9 Å². The smallest absolute Gasteiger partial charge is 0.227 e. The second-order valence-electron chi connectivity index (χ2n) is 6.73. The van der Waals surface area contributed by atoms with E-state index in [2.05, 4.69) is 4.98 Å². The van der Waals surface area contributed by atoms with Gasteiger partial charge in [-0.3, -0.25) is 4.79 Å². The van der Waals surface area contributed by atoms with Crippen LogP contribution in [0.4, 0.5) is 0 Å². The van der Waals surface area contributed by atoms with Crippen LogP contribution < -0.4 is 4.74 Å². The number of H-pyrrole nitrogens is 1. The molecule has 1 amide bonds. The number of fused-ring (bicyclic) bond motifs is 1. The average Bonchev–Trinajstić information content (AvgIpc) is 3.12. The molecular weight excluding hydrogens is 326 g/mol. The van der Waals surface area contributed by atoms with Crippen LogP contribution in [0, 0.1) is 0 Å². The molecule has 134 valence electrons. The standard InChI is InChI=1S/C21H23N3O2/c1-26-19-12-5-2-8-15(19)14-20(25)24-13-7-6-11-18(24)21-22-16-9-3-4-10-17(16)23-21/h2-5,8-10,12,18H,6-7,11,13-14H2,1H3,(H,22,23)/t18-/m0/s1. The van der Waals surface area contributed by atoms with Crippen LogP contribution >= 0.6 is 0 Å². The van der Waals surface area contributed by atoms with Crippen molar-refractivity contribution in [2.24, 2.45) is 0 Å². The lowest BCUT2D eigenvalue weighted by Crippen LogP contribution is -2.39. The van der Waals surface area contributed by atoms with Crippen molar-refractivity contribution in [2.45, 2.75) is 31.7 Å². The lowest BCUT2D eigenvalue weighted by atomic mass is 10.00. The zero-order chi connectivity index (χ0) is 17.9. The fourth-order valence-corrected chi connectivity index (χ4v) is 3.76. The van der Waals surface area contributed by atoms with Gasteiger partial charge in [0.15, 0.2) is 0 Å². The second-order valence-corrected chi connectivity index (χ2v) is 6.73. The maximum absolute atomic E-state index is 13.1. The maximum Gasteiger partial charge on any atom is 0.227 e. The Morgan fingerprint density at radius 2 is 2.00 bits per heavy atom. The van der Waals surface area contributed by atoms with E-state index in [9.17, 15) is 4.79 Å². The summed E-state index contributed by atoms with van der Waals surface area (Å²) in [5, 5.41) is 0. The predicted molar refractivity (Wildman–Crippen MR) is 101 cm³/mol. The van der Waals surface area contributed by atoms with Gasteiger partial charge in [0.25, 0.3) is 0 Å². The Kier molecular flexibility index (Phi) is 4.61. The molecule has 1 aliphatic heterocycles.